The standard InChI is InChI=1S/C8H12O4/c1-6(9)4-11-5-7-2-3-8(10)12-7/h7H,2-5H2,1H3. The van der Waals surface area contributed by atoms with Gasteiger partial charge in [0.25, 0.3) is 0 Å². The van der Waals surface area contributed by atoms with E-state index in [0.717, 1.165) is 0 Å². The highest BCUT2D eigenvalue weighted by molar-refractivity contribution is 5.76. The second-order valence-corrected chi connectivity index (χ2v) is 2.87. The summed E-state index contributed by atoms with van der Waals surface area (Å²) in [7, 11) is 0. The van der Waals surface area contributed by atoms with Crippen molar-refractivity contribution in [2.24, 2.45) is 0 Å². The minimum atomic E-state index is -0.175. The molecule has 0 aromatic heterocycles. The van der Waals surface area contributed by atoms with Crippen LogP contribution in [0.25, 0.3) is 0 Å². The Kier molecular flexibility index (Phi) is 3.22. The molecule has 0 aromatic rings. The van der Waals surface area contributed by atoms with Gasteiger partial charge < -0.3 is 9.47 Å². The number of hydrogen-bond donors (Lipinski definition) is 0. The molecule has 1 rings (SSSR count). The van der Waals surface area contributed by atoms with E-state index < -0.39 is 0 Å². The van der Waals surface area contributed by atoms with Crippen molar-refractivity contribution in [2.75, 3.05) is 13.2 Å². The van der Waals surface area contributed by atoms with Crippen molar-refractivity contribution in [3.8, 4) is 0 Å². The van der Waals surface area contributed by atoms with E-state index in [1.807, 2.05) is 0 Å². The molecule has 0 bridgehead atoms. The predicted octanol–water partition coefficient (Wildman–Crippen LogP) is 0.298. The van der Waals surface area contributed by atoms with Crippen molar-refractivity contribution >= 4 is 11.8 Å². The van der Waals surface area contributed by atoms with E-state index in [9.17, 15) is 9.59 Å². The van der Waals surface area contributed by atoms with Crippen molar-refractivity contribution in [2.45, 2.75) is 25.9 Å². The fourth-order valence-electron chi connectivity index (χ4n) is 1.03. The Balaban J connectivity index is 2.08. The maximum atomic E-state index is 10.6. The maximum Gasteiger partial charge on any atom is 0.306 e. The summed E-state index contributed by atoms with van der Waals surface area (Å²) in [6.07, 6.45) is 1.03. The van der Waals surface area contributed by atoms with Crippen LogP contribution in [0.5, 0.6) is 0 Å². The monoisotopic (exact) mass is 172 g/mol. The van der Waals surface area contributed by atoms with E-state index in [-0.39, 0.29) is 24.5 Å². The van der Waals surface area contributed by atoms with Crippen LogP contribution >= 0.6 is 0 Å². The number of hydrogen-bond acceptors (Lipinski definition) is 4. The third-order valence-corrected chi connectivity index (χ3v) is 1.58. The summed E-state index contributed by atoms with van der Waals surface area (Å²) in [4.78, 5) is 21.1. The second kappa shape index (κ2) is 4.21. The van der Waals surface area contributed by atoms with Gasteiger partial charge in [-0.05, 0) is 13.3 Å². The molecule has 68 valence electrons. The minimum Gasteiger partial charge on any atom is -0.460 e. The molecule has 0 radical (unpaired) electrons. The Bertz CT molecular complexity index is 187. The molecule has 1 unspecified atom stereocenters. The van der Waals surface area contributed by atoms with Crippen molar-refractivity contribution in [3.63, 3.8) is 0 Å². The average Bonchev–Trinajstić information content (AvgIpc) is 2.35. The van der Waals surface area contributed by atoms with Crippen molar-refractivity contribution in [3.05, 3.63) is 0 Å². The van der Waals surface area contributed by atoms with Gasteiger partial charge in [-0.1, -0.05) is 0 Å². The van der Waals surface area contributed by atoms with Crippen molar-refractivity contribution in [1.82, 2.24) is 0 Å². The van der Waals surface area contributed by atoms with E-state index in [4.69, 9.17) is 9.47 Å². The highest BCUT2D eigenvalue weighted by atomic mass is 16.6. The van der Waals surface area contributed by atoms with Crippen LogP contribution in [-0.4, -0.2) is 31.1 Å². The van der Waals surface area contributed by atoms with E-state index >= 15 is 0 Å². The third-order valence-electron chi connectivity index (χ3n) is 1.58. The molecule has 4 nitrogen and oxygen atoms in total. The number of ketones is 1. The number of esters is 1. The van der Waals surface area contributed by atoms with Gasteiger partial charge in [0.05, 0.1) is 6.61 Å². The van der Waals surface area contributed by atoms with Crippen LogP contribution in [-0.2, 0) is 19.1 Å². The fourth-order valence-corrected chi connectivity index (χ4v) is 1.03. The second-order valence-electron chi connectivity index (χ2n) is 2.87. The third kappa shape index (κ3) is 3.00. The molecule has 12 heavy (non-hydrogen) atoms. The summed E-state index contributed by atoms with van der Waals surface area (Å²) >= 11 is 0. The van der Waals surface area contributed by atoms with Crippen LogP contribution in [0.1, 0.15) is 19.8 Å². The topological polar surface area (TPSA) is 52.6 Å². The molecule has 0 aliphatic carbocycles. The van der Waals surface area contributed by atoms with Crippen LogP contribution < -0.4 is 0 Å². The molecule has 4 heteroatoms. The summed E-state index contributed by atoms with van der Waals surface area (Å²) in [5.41, 5.74) is 0. The summed E-state index contributed by atoms with van der Waals surface area (Å²) in [6.45, 7) is 1.90. The van der Waals surface area contributed by atoms with E-state index in [2.05, 4.69) is 0 Å². The predicted molar refractivity (Wildman–Crippen MR) is 40.6 cm³/mol. The molecule has 1 fully saturated rings. The zero-order valence-electron chi connectivity index (χ0n) is 7.04. The van der Waals surface area contributed by atoms with Gasteiger partial charge in [0.15, 0.2) is 5.78 Å². The fraction of sp³-hybridized carbons (Fsp3) is 0.750. The van der Waals surface area contributed by atoms with Crippen LogP contribution in [0.3, 0.4) is 0 Å². The highest BCUT2D eigenvalue weighted by Crippen LogP contribution is 2.13. The average molecular weight is 172 g/mol. The van der Waals surface area contributed by atoms with Crippen molar-refractivity contribution in [1.29, 1.82) is 0 Å². The van der Waals surface area contributed by atoms with Crippen LogP contribution in [0.4, 0.5) is 0 Å². The molecule has 1 saturated heterocycles. The number of carbonyl (C=O) groups excluding carboxylic acids is 2. The van der Waals surface area contributed by atoms with Crippen molar-refractivity contribution < 1.29 is 19.1 Å². The number of ether oxygens (including phenoxy) is 2. The number of rotatable bonds is 4. The molecule has 0 spiro atoms. The Morgan fingerprint density at radius 3 is 3.00 bits per heavy atom. The quantitative estimate of drug-likeness (QED) is 0.572. The van der Waals surface area contributed by atoms with Gasteiger partial charge in [-0.3, -0.25) is 9.59 Å². The molecule has 1 aliphatic heterocycles. The Labute approximate surface area is 70.8 Å². The van der Waals surface area contributed by atoms with Gasteiger partial charge in [-0.15, -0.1) is 0 Å². The summed E-state index contributed by atoms with van der Waals surface area (Å²) < 4.78 is 9.87. The lowest BCUT2D eigenvalue weighted by Gasteiger charge is -2.07. The molecular weight excluding hydrogens is 160 g/mol. The summed E-state index contributed by atoms with van der Waals surface area (Å²) in [5, 5.41) is 0. The zero-order valence-corrected chi connectivity index (χ0v) is 7.04. The zero-order chi connectivity index (χ0) is 8.97. The molecule has 0 N–H and O–H groups in total. The Hall–Kier alpha value is -0.900. The number of carbonyl (C=O) groups is 2. The van der Waals surface area contributed by atoms with Crippen LogP contribution in [0.2, 0.25) is 0 Å². The summed E-state index contributed by atoms with van der Waals surface area (Å²) in [5.74, 6) is -0.189. The lowest BCUT2D eigenvalue weighted by molar-refractivity contribution is -0.143. The molecule has 1 aliphatic rings. The molecular formula is C8H12O4. The lowest BCUT2D eigenvalue weighted by Crippen LogP contribution is -2.17. The van der Waals surface area contributed by atoms with E-state index in [1.165, 1.54) is 6.92 Å². The van der Waals surface area contributed by atoms with Gasteiger partial charge in [0.1, 0.15) is 12.7 Å². The number of cyclic esters (lactones) is 1. The first kappa shape index (κ1) is 9.19. The SMILES string of the molecule is CC(=O)COCC1CCC(=O)O1. The lowest BCUT2D eigenvalue weighted by atomic mass is 10.2. The summed E-state index contributed by atoms with van der Waals surface area (Å²) in [6, 6.07) is 0. The van der Waals surface area contributed by atoms with Crippen LogP contribution in [0.15, 0.2) is 0 Å². The Morgan fingerprint density at radius 2 is 2.50 bits per heavy atom. The smallest absolute Gasteiger partial charge is 0.306 e. The van der Waals surface area contributed by atoms with Gasteiger partial charge in [-0.2, -0.15) is 0 Å². The molecule has 0 saturated carbocycles. The normalized spacial score (nSPS) is 22.4. The Morgan fingerprint density at radius 1 is 1.75 bits per heavy atom. The van der Waals surface area contributed by atoms with E-state index in [1.54, 1.807) is 0 Å². The molecule has 1 heterocycles. The first-order valence-electron chi connectivity index (χ1n) is 3.95. The first-order chi connectivity index (χ1) is 5.68. The maximum absolute atomic E-state index is 10.6. The first-order valence-corrected chi connectivity index (χ1v) is 3.95. The minimum absolute atomic E-state index is 0.0145. The van der Waals surface area contributed by atoms with Gasteiger partial charge in [0, 0.05) is 6.42 Å². The highest BCUT2D eigenvalue weighted by Gasteiger charge is 2.23. The largest absolute Gasteiger partial charge is 0.460 e. The van der Waals surface area contributed by atoms with E-state index in [0.29, 0.717) is 19.4 Å². The number of Topliss-reactive ketones (excluding diaryl/α,β-unsaturated/α-hetero) is 1. The van der Waals surface area contributed by atoms with Gasteiger partial charge >= 0.3 is 5.97 Å². The molecule has 0 aromatic carbocycles. The van der Waals surface area contributed by atoms with Gasteiger partial charge in [-0.25, -0.2) is 0 Å². The van der Waals surface area contributed by atoms with Crippen LogP contribution in [0, 0.1) is 0 Å². The molecule has 0 amide bonds. The molecule has 1 atom stereocenters. The van der Waals surface area contributed by atoms with Gasteiger partial charge in [0.2, 0.25) is 0 Å².